The van der Waals surface area contributed by atoms with E-state index < -0.39 is 0 Å². The fourth-order valence-electron chi connectivity index (χ4n) is 4.19. The predicted octanol–water partition coefficient (Wildman–Crippen LogP) is 1.79. The van der Waals surface area contributed by atoms with Gasteiger partial charge in [0.25, 0.3) is 0 Å². The topological polar surface area (TPSA) is 44.4 Å². The molecular formula is C16H30ClN3O. The van der Waals surface area contributed by atoms with Crippen molar-refractivity contribution in [3.05, 3.63) is 0 Å². The van der Waals surface area contributed by atoms with Gasteiger partial charge in [-0.05, 0) is 62.9 Å². The number of likely N-dealkylation sites (tertiary alicyclic amines) is 1. The maximum atomic E-state index is 12.2. The van der Waals surface area contributed by atoms with Gasteiger partial charge in [0.1, 0.15) is 0 Å². The third kappa shape index (κ3) is 4.33. The molecule has 3 rings (SSSR count). The van der Waals surface area contributed by atoms with Crippen molar-refractivity contribution in [2.45, 2.75) is 51.5 Å². The number of rotatable bonds is 3. The van der Waals surface area contributed by atoms with E-state index in [4.69, 9.17) is 0 Å². The lowest BCUT2D eigenvalue weighted by Crippen LogP contribution is -2.43. The first-order chi connectivity index (χ1) is 9.65. The molecule has 0 radical (unpaired) electrons. The van der Waals surface area contributed by atoms with E-state index >= 15 is 0 Å². The Kier molecular flexibility index (Phi) is 5.92. The normalized spacial score (nSPS) is 36.6. The fourth-order valence-corrected chi connectivity index (χ4v) is 4.19. The van der Waals surface area contributed by atoms with E-state index in [9.17, 15) is 4.79 Å². The second-order valence-electron chi connectivity index (χ2n) is 7.41. The zero-order valence-electron chi connectivity index (χ0n) is 13.2. The molecule has 21 heavy (non-hydrogen) atoms. The van der Waals surface area contributed by atoms with Crippen molar-refractivity contribution in [1.82, 2.24) is 15.5 Å². The van der Waals surface area contributed by atoms with E-state index in [1.807, 2.05) is 0 Å². The molecule has 2 saturated heterocycles. The molecule has 1 unspecified atom stereocenters. The van der Waals surface area contributed by atoms with E-state index in [1.165, 1.54) is 38.5 Å². The van der Waals surface area contributed by atoms with Crippen molar-refractivity contribution >= 4 is 18.3 Å². The van der Waals surface area contributed by atoms with Gasteiger partial charge in [0.15, 0.2) is 0 Å². The number of carbonyl (C=O) groups is 1. The summed E-state index contributed by atoms with van der Waals surface area (Å²) < 4.78 is 0. The molecule has 1 spiro atoms. The first kappa shape index (κ1) is 17.0. The molecule has 1 amide bonds. The zero-order chi connectivity index (χ0) is 14.0. The molecule has 0 aromatic heterocycles. The number of nitrogens with one attached hydrogen (secondary N) is 2. The molecule has 0 bridgehead atoms. The van der Waals surface area contributed by atoms with Crippen molar-refractivity contribution in [3.8, 4) is 0 Å². The number of hydrogen-bond donors (Lipinski definition) is 2. The maximum absolute atomic E-state index is 12.2. The minimum Gasteiger partial charge on any atom is -0.352 e. The Morgan fingerprint density at radius 3 is 2.71 bits per heavy atom. The lowest BCUT2D eigenvalue weighted by Gasteiger charge is -2.28. The second kappa shape index (κ2) is 7.30. The summed E-state index contributed by atoms with van der Waals surface area (Å²) in [6.07, 6.45) is 7.41. The van der Waals surface area contributed by atoms with E-state index in [2.05, 4.69) is 22.5 Å². The Balaban J connectivity index is 0.00000161. The summed E-state index contributed by atoms with van der Waals surface area (Å²) >= 11 is 0. The Morgan fingerprint density at radius 2 is 2.05 bits per heavy atom. The average Bonchev–Trinajstić information content (AvgIpc) is 3.03. The summed E-state index contributed by atoms with van der Waals surface area (Å²) in [5, 5.41) is 6.72. The van der Waals surface area contributed by atoms with Gasteiger partial charge >= 0.3 is 0 Å². The van der Waals surface area contributed by atoms with Gasteiger partial charge in [-0.15, -0.1) is 12.4 Å². The van der Waals surface area contributed by atoms with Crippen molar-refractivity contribution in [2.24, 2.45) is 11.3 Å². The van der Waals surface area contributed by atoms with E-state index in [0.29, 0.717) is 18.0 Å². The first-order valence-corrected chi connectivity index (χ1v) is 8.38. The van der Waals surface area contributed by atoms with E-state index in [1.54, 1.807) is 0 Å². The summed E-state index contributed by atoms with van der Waals surface area (Å²) in [6.45, 7) is 7.42. The quantitative estimate of drug-likeness (QED) is 0.834. The molecule has 2 aliphatic heterocycles. The van der Waals surface area contributed by atoms with Gasteiger partial charge in [-0.25, -0.2) is 0 Å². The minimum absolute atomic E-state index is 0. The van der Waals surface area contributed by atoms with Gasteiger partial charge in [-0.2, -0.15) is 0 Å². The largest absolute Gasteiger partial charge is 0.352 e. The Bertz CT molecular complexity index is 349. The SMILES string of the molecule is CC1CCC(NC(=O)CN2CCC3(CCNC3)C2)CC1.Cl. The van der Waals surface area contributed by atoms with Crippen LogP contribution in [0.5, 0.6) is 0 Å². The van der Waals surface area contributed by atoms with E-state index in [0.717, 1.165) is 32.1 Å². The molecule has 122 valence electrons. The molecule has 5 heteroatoms. The predicted molar refractivity (Wildman–Crippen MR) is 87.8 cm³/mol. The standard InChI is InChI=1S/C16H29N3O.ClH/c1-13-2-4-14(5-3-13)18-15(20)10-19-9-7-16(12-19)6-8-17-11-16;/h13-14,17H,2-12H2,1H3,(H,18,20);1H. The summed E-state index contributed by atoms with van der Waals surface area (Å²) in [5.41, 5.74) is 0.473. The molecule has 2 N–H and O–H groups in total. The van der Waals surface area contributed by atoms with Gasteiger partial charge < -0.3 is 10.6 Å². The first-order valence-electron chi connectivity index (χ1n) is 8.38. The fraction of sp³-hybridized carbons (Fsp3) is 0.938. The van der Waals surface area contributed by atoms with Crippen LogP contribution in [-0.4, -0.2) is 49.6 Å². The zero-order valence-corrected chi connectivity index (χ0v) is 14.0. The van der Waals surface area contributed by atoms with Crippen molar-refractivity contribution in [1.29, 1.82) is 0 Å². The van der Waals surface area contributed by atoms with Crippen LogP contribution in [0.15, 0.2) is 0 Å². The highest BCUT2D eigenvalue weighted by atomic mass is 35.5. The third-order valence-corrected chi connectivity index (χ3v) is 5.60. The van der Waals surface area contributed by atoms with Gasteiger partial charge in [0.2, 0.25) is 5.91 Å². The van der Waals surface area contributed by atoms with Crippen LogP contribution in [0.3, 0.4) is 0 Å². The van der Waals surface area contributed by atoms with Crippen LogP contribution in [-0.2, 0) is 4.79 Å². The molecule has 0 aromatic rings. The monoisotopic (exact) mass is 315 g/mol. The van der Waals surface area contributed by atoms with Crippen molar-refractivity contribution < 1.29 is 4.79 Å². The second-order valence-corrected chi connectivity index (χ2v) is 7.41. The van der Waals surface area contributed by atoms with Gasteiger partial charge in [0.05, 0.1) is 6.54 Å². The van der Waals surface area contributed by atoms with Crippen molar-refractivity contribution in [3.63, 3.8) is 0 Å². The molecule has 4 nitrogen and oxygen atoms in total. The van der Waals surface area contributed by atoms with Crippen molar-refractivity contribution in [2.75, 3.05) is 32.7 Å². The molecule has 2 heterocycles. The minimum atomic E-state index is 0. The Hall–Kier alpha value is -0.320. The van der Waals surface area contributed by atoms with Crippen LogP contribution in [0.4, 0.5) is 0 Å². The van der Waals surface area contributed by atoms with Gasteiger partial charge in [-0.3, -0.25) is 9.69 Å². The number of amides is 1. The molecule has 1 atom stereocenters. The van der Waals surface area contributed by atoms with E-state index in [-0.39, 0.29) is 18.3 Å². The summed E-state index contributed by atoms with van der Waals surface area (Å²) in [7, 11) is 0. The summed E-state index contributed by atoms with van der Waals surface area (Å²) in [6, 6.07) is 0.434. The molecule has 0 aromatic carbocycles. The van der Waals surface area contributed by atoms with Gasteiger partial charge in [-0.1, -0.05) is 6.92 Å². The lowest BCUT2D eigenvalue weighted by atomic mass is 9.86. The highest BCUT2D eigenvalue weighted by Crippen LogP contribution is 2.35. The van der Waals surface area contributed by atoms with Crippen LogP contribution >= 0.6 is 12.4 Å². The summed E-state index contributed by atoms with van der Waals surface area (Å²) in [5.74, 6) is 1.09. The van der Waals surface area contributed by atoms with Crippen LogP contribution in [0.1, 0.15) is 45.4 Å². The smallest absolute Gasteiger partial charge is 0.234 e. The summed E-state index contributed by atoms with van der Waals surface area (Å²) in [4.78, 5) is 14.5. The molecule has 3 aliphatic rings. The van der Waals surface area contributed by atoms with Crippen LogP contribution in [0.25, 0.3) is 0 Å². The Labute approximate surface area is 134 Å². The third-order valence-electron chi connectivity index (χ3n) is 5.60. The number of hydrogen-bond acceptors (Lipinski definition) is 3. The van der Waals surface area contributed by atoms with Gasteiger partial charge in [0, 0.05) is 19.1 Å². The number of nitrogens with zero attached hydrogens (tertiary/aromatic N) is 1. The average molecular weight is 316 g/mol. The molecule has 3 fully saturated rings. The molecule has 1 saturated carbocycles. The molecule has 1 aliphatic carbocycles. The molecular weight excluding hydrogens is 286 g/mol. The van der Waals surface area contributed by atoms with Crippen LogP contribution in [0, 0.1) is 11.3 Å². The Morgan fingerprint density at radius 1 is 1.29 bits per heavy atom. The van der Waals surface area contributed by atoms with Crippen LogP contribution in [0.2, 0.25) is 0 Å². The van der Waals surface area contributed by atoms with Crippen LogP contribution < -0.4 is 10.6 Å². The lowest BCUT2D eigenvalue weighted by molar-refractivity contribution is -0.123. The maximum Gasteiger partial charge on any atom is 0.234 e. The highest BCUT2D eigenvalue weighted by Gasteiger charge is 2.40. The number of halogens is 1. The highest BCUT2D eigenvalue weighted by molar-refractivity contribution is 5.85. The number of carbonyl (C=O) groups excluding carboxylic acids is 1.